The summed E-state index contributed by atoms with van der Waals surface area (Å²) in [5.41, 5.74) is 1.52. The quantitative estimate of drug-likeness (QED) is 0.877. The molecule has 5 heteroatoms. The molecular formula is C13H17N3O2. The normalized spacial score (nSPS) is 10.9. The van der Waals surface area contributed by atoms with E-state index in [1.54, 1.807) is 18.3 Å². The molecule has 0 aliphatic rings. The van der Waals surface area contributed by atoms with Crippen LogP contribution in [0.15, 0.2) is 30.6 Å². The number of hydrogen-bond donors (Lipinski definition) is 1. The molecule has 0 aliphatic heterocycles. The highest BCUT2D eigenvalue weighted by atomic mass is 16.5. The average molecular weight is 247 g/mol. The van der Waals surface area contributed by atoms with Gasteiger partial charge < -0.3 is 9.84 Å². The lowest BCUT2D eigenvalue weighted by Gasteiger charge is -2.05. The Balaban J connectivity index is 1.93. The lowest BCUT2D eigenvalue weighted by molar-refractivity contribution is 0.274. The van der Waals surface area contributed by atoms with Crippen LogP contribution >= 0.6 is 0 Å². The number of rotatable bonds is 5. The first-order valence-corrected chi connectivity index (χ1v) is 5.91. The molecular weight excluding hydrogens is 230 g/mol. The van der Waals surface area contributed by atoms with Gasteiger partial charge in [0.25, 0.3) is 0 Å². The van der Waals surface area contributed by atoms with Crippen molar-refractivity contribution in [2.45, 2.75) is 33.1 Å². The predicted molar refractivity (Wildman–Crippen MR) is 67.1 cm³/mol. The lowest BCUT2D eigenvalue weighted by atomic mass is 10.3. The molecule has 1 N–H and O–H groups in total. The van der Waals surface area contributed by atoms with Gasteiger partial charge in [0.05, 0.1) is 24.2 Å². The van der Waals surface area contributed by atoms with Crippen molar-refractivity contribution in [3.05, 3.63) is 42.0 Å². The smallest absolute Gasteiger partial charge is 0.138 e. The van der Waals surface area contributed by atoms with E-state index in [0.29, 0.717) is 24.1 Å². The van der Waals surface area contributed by atoms with E-state index in [1.807, 2.05) is 16.9 Å². The topological polar surface area (TPSA) is 60.2 Å². The highest BCUT2D eigenvalue weighted by Crippen LogP contribution is 2.12. The highest BCUT2D eigenvalue weighted by Gasteiger charge is 2.03. The number of hydrogen-bond acceptors (Lipinski definition) is 4. The zero-order valence-electron chi connectivity index (χ0n) is 10.6. The van der Waals surface area contributed by atoms with Gasteiger partial charge in [-0.1, -0.05) is 0 Å². The maximum absolute atomic E-state index is 8.88. The van der Waals surface area contributed by atoms with Crippen molar-refractivity contribution in [2.75, 3.05) is 0 Å². The van der Waals surface area contributed by atoms with E-state index in [0.717, 1.165) is 5.69 Å². The van der Waals surface area contributed by atoms with Crippen LogP contribution in [0.5, 0.6) is 5.75 Å². The van der Waals surface area contributed by atoms with Crippen molar-refractivity contribution in [1.82, 2.24) is 14.8 Å². The first kappa shape index (κ1) is 12.6. The van der Waals surface area contributed by atoms with E-state index in [-0.39, 0.29) is 6.61 Å². The second kappa shape index (κ2) is 5.64. The molecule has 96 valence electrons. The Morgan fingerprint density at radius 3 is 2.67 bits per heavy atom. The van der Waals surface area contributed by atoms with Crippen molar-refractivity contribution in [3.63, 3.8) is 0 Å². The Kier molecular flexibility index (Phi) is 3.94. The minimum Gasteiger partial charge on any atom is -0.486 e. The summed E-state index contributed by atoms with van der Waals surface area (Å²) in [5.74, 6) is 0.672. The molecule has 0 amide bonds. The molecule has 2 aromatic rings. The Hall–Kier alpha value is -1.88. The van der Waals surface area contributed by atoms with Crippen molar-refractivity contribution >= 4 is 0 Å². The Labute approximate surface area is 106 Å². The van der Waals surface area contributed by atoms with Crippen LogP contribution in [-0.4, -0.2) is 19.9 Å². The lowest BCUT2D eigenvalue weighted by Crippen LogP contribution is -2.03. The van der Waals surface area contributed by atoms with Crippen LogP contribution in [0.4, 0.5) is 0 Å². The van der Waals surface area contributed by atoms with Crippen molar-refractivity contribution in [2.24, 2.45) is 0 Å². The fourth-order valence-electron chi connectivity index (χ4n) is 1.49. The average Bonchev–Trinajstić information content (AvgIpc) is 2.86. The zero-order valence-corrected chi connectivity index (χ0v) is 10.6. The molecule has 0 bridgehead atoms. The van der Waals surface area contributed by atoms with Crippen LogP contribution in [-0.2, 0) is 13.2 Å². The zero-order chi connectivity index (χ0) is 13.0. The third-order valence-corrected chi connectivity index (χ3v) is 2.54. The largest absolute Gasteiger partial charge is 0.486 e. The number of aromatic nitrogens is 3. The van der Waals surface area contributed by atoms with Gasteiger partial charge in [-0.3, -0.25) is 9.67 Å². The summed E-state index contributed by atoms with van der Waals surface area (Å²) in [5, 5.41) is 13.3. The van der Waals surface area contributed by atoms with Gasteiger partial charge in [0.1, 0.15) is 12.4 Å². The van der Waals surface area contributed by atoms with Gasteiger partial charge in [-0.2, -0.15) is 5.10 Å². The Morgan fingerprint density at radius 1 is 1.28 bits per heavy atom. The van der Waals surface area contributed by atoms with E-state index in [2.05, 4.69) is 23.9 Å². The molecule has 0 unspecified atom stereocenters. The fraction of sp³-hybridized carbons (Fsp3) is 0.385. The Bertz CT molecular complexity index is 491. The summed E-state index contributed by atoms with van der Waals surface area (Å²) in [6.07, 6.45) is 3.54. The maximum Gasteiger partial charge on any atom is 0.138 e. The number of ether oxygens (including phenoxy) is 1. The van der Waals surface area contributed by atoms with Gasteiger partial charge in [-0.25, -0.2) is 0 Å². The van der Waals surface area contributed by atoms with Crippen LogP contribution in [0.2, 0.25) is 0 Å². The molecule has 2 rings (SSSR count). The van der Waals surface area contributed by atoms with Crippen molar-refractivity contribution < 1.29 is 9.84 Å². The number of nitrogens with zero attached hydrogens (tertiary/aromatic N) is 3. The monoisotopic (exact) mass is 247 g/mol. The third-order valence-electron chi connectivity index (χ3n) is 2.54. The van der Waals surface area contributed by atoms with Crippen LogP contribution in [0, 0.1) is 0 Å². The molecule has 0 aromatic carbocycles. The van der Waals surface area contributed by atoms with Gasteiger partial charge in [0.2, 0.25) is 0 Å². The number of aliphatic hydroxyl groups is 1. The molecule has 0 radical (unpaired) electrons. The molecule has 0 atom stereocenters. The number of aliphatic hydroxyl groups excluding tert-OH is 1. The van der Waals surface area contributed by atoms with E-state index in [1.165, 1.54) is 0 Å². The maximum atomic E-state index is 8.88. The van der Waals surface area contributed by atoms with E-state index in [9.17, 15) is 0 Å². The molecule has 0 saturated heterocycles. The van der Waals surface area contributed by atoms with Gasteiger partial charge >= 0.3 is 0 Å². The molecule has 0 fully saturated rings. The second-order valence-electron chi connectivity index (χ2n) is 4.31. The van der Waals surface area contributed by atoms with Crippen LogP contribution in [0.3, 0.4) is 0 Å². The third kappa shape index (κ3) is 3.07. The van der Waals surface area contributed by atoms with Gasteiger partial charge in [-0.05, 0) is 32.0 Å². The van der Waals surface area contributed by atoms with Crippen LogP contribution < -0.4 is 4.74 Å². The fourth-order valence-corrected chi connectivity index (χ4v) is 1.49. The summed E-state index contributed by atoms with van der Waals surface area (Å²) in [4.78, 5) is 4.04. The SMILES string of the molecule is CC(C)n1ccc(COc2ccc(CO)nc2)n1. The minimum absolute atomic E-state index is 0.0565. The van der Waals surface area contributed by atoms with E-state index < -0.39 is 0 Å². The molecule has 0 spiro atoms. The standard InChI is InChI=1S/C13H17N3O2/c1-10(2)16-6-5-12(15-16)9-18-13-4-3-11(8-17)14-7-13/h3-7,10,17H,8-9H2,1-2H3. The Morgan fingerprint density at radius 2 is 2.11 bits per heavy atom. The van der Waals surface area contributed by atoms with Crippen molar-refractivity contribution in [3.8, 4) is 5.75 Å². The van der Waals surface area contributed by atoms with Crippen LogP contribution in [0.1, 0.15) is 31.3 Å². The molecule has 2 aromatic heterocycles. The molecule has 2 heterocycles. The highest BCUT2D eigenvalue weighted by molar-refractivity contribution is 5.19. The van der Waals surface area contributed by atoms with E-state index in [4.69, 9.17) is 9.84 Å². The first-order chi connectivity index (χ1) is 8.69. The summed E-state index contributed by atoms with van der Waals surface area (Å²) >= 11 is 0. The summed E-state index contributed by atoms with van der Waals surface area (Å²) in [6, 6.07) is 5.82. The van der Waals surface area contributed by atoms with Crippen LogP contribution in [0.25, 0.3) is 0 Å². The van der Waals surface area contributed by atoms with E-state index >= 15 is 0 Å². The second-order valence-corrected chi connectivity index (χ2v) is 4.31. The first-order valence-electron chi connectivity index (χ1n) is 5.91. The summed E-state index contributed by atoms with van der Waals surface area (Å²) in [6.45, 7) is 4.52. The molecule has 0 aliphatic carbocycles. The number of pyridine rings is 1. The van der Waals surface area contributed by atoms with Gasteiger partial charge in [0.15, 0.2) is 0 Å². The summed E-state index contributed by atoms with van der Waals surface area (Å²) in [7, 11) is 0. The van der Waals surface area contributed by atoms with Gasteiger partial charge in [0, 0.05) is 12.2 Å². The molecule has 5 nitrogen and oxygen atoms in total. The minimum atomic E-state index is -0.0565. The predicted octanol–water partition coefficient (Wildman–Crippen LogP) is 1.93. The molecule has 18 heavy (non-hydrogen) atoms. The molecule has 0 saturated carbocycles. The summed E-state index contributed by atoms with van der Waals surface area (Å²) < 4.78 is 7.46. The van der Waals surface area contributed by atoms with Crippen molar-refractivity contribution in [1.29, 1.82) is 0 Å². The van der Waals surface area contributed by atoms with Gasteiger partial charge in [-0.15, -0.1) is 0 Å².